The van der Waals surface area contributed by atoms with E-state index >= 15 is 0 Å². The first-order valence-electron chi connectivity index (χ1n) is 4.72. The predicted octanol–water partition coefficient (Wildman–Crippen LogP) is 0.214. The van der Waals surface area contributed by atoms with Gasteiger partial charge in [-0.05, 0) is 24.6 Å². The first-order chi connectivity index (χ1) is 7.76. The molecule has 7 nitrogen and oxygen atoms in total. The number of nitro benzene ring substituents is 1. The molecule has 0 bridgehead atoms. The highest BCUT2D eigenvalue weighted by atomic mass is 16.6. The van der Waals surface area contributed by atoms with Crippen molar-refractivity contribution in [2.45, 2.75) is 18.6 Å². The van der Waals surface area contributed by atoms with Crippen LogP contribution in [-0.2, 0) is 10.4 Å². The summed E-state index contributed by atoms with van der Waals surface area (Å²) in [5.41, 5.74) is 3.61. The lowest BCUT2D eigenvalue weighted by molar-refractivity contribution is -0.384. The van der Waals surface area contributed by atoms with Gasteiger partial charge < -0.3 is 15.9 Å². The quantitative estimate of drug-likeness (QED) is 0.510. The first kappa shape index (κ1) is 13.1. The van der Waals surface area contributed by atoms with Gasteiger partial charge in [-0.3, -0.25) is 14.9 Å². The minimum Gasteiger partial charge on any atom is -0.480 e. The highest BCUT2D eigenvalue weighted by Crippen LogP contribution is 2.25. The number of nitrogens with zero attached hydrogens (tertiary/aromatic N) is 1. The molecular formula is C10H12N2O5. The zero-order chi connectivity index (χ0) is 13.2. The summed E-state index contributed by atoms with van der Waals surface area (Å²) in [6.45, 7) is 1.24. The molecule has 0 spiro atoms. The van der Waals surface area contributed by atoms with Crippen LogP contribution in [0.25, 0.3) is 0 Å². The minimum atomic E-state index is -1.79. The van der Waals surface area contributed by atoms with Crippen LogP contribution in [0.3, 0.4) is 0 Å². The molecule has 0 aromatic heterocycles. The maximum atomic E-state index is 10.7. The molecule has 0 aliphatic heterocycles. The van der Waals surface area contributed by atoms with E-state index in [2.05, 4.69) is 0 Å². The van der Waals surface area contributed by atoms with Gasteiger partial charge in [-0.25, -0.2) is 0 Å². The lowest BCUT2D eigenvalue weighted by Gasteiger charge is -2.27. The molecule has 1 aromatic carbocycles. The van der Waals surface area contributed by atoms with Crippen molar-refractivity contribution < 1.29 is 19.9 Å². The molecule has 4 N–H and O–H groups in total. The van der Waals surface area contributed by atoms with Crippen molar-refractivity contribution in [1.29, 1.82) is 0 Å². The highest BCUT2D eigenvalue weighted by Gasteiger charge is 2.36. The number of hydrogen-bond acceptors (Lipinski definition) is 5. The van der Waals surface area contributed by atoms with Crippen LogP contribution in [0.1, 0.15) is 12.5 Å². The molecule has 0 fully saturated rings. The SMILES string of the molecule is CC(O)(c1ccc([N+](=O)[O-])cc1)C(N)C(=O)O. The van der Waals surface area contributed by atoms with Crippen molar-refractivity contribution >= 4 is 11.7 Å². The Kier molecular flexibility index (Phi) is 3.45. The van der Waals surface area contributed by atoms with E-state index in [0.29, 0.717) is 0 Å². The van der Waals surface area contributed by atoms with Crippen molar-refractivity contribution in [1.82, 2.24) is 0 Å². The third-order valence-electron chi connectivity index (χ3n) is 2.53. The zero-order valence-corrected chi connectivity index (χ0v) is 9.03. The van der Waals surface area contributed by atoms with Gasteiger partial charge in [0.1, 0.15) is 11.6 Å². The Morgan fingerprint density at radius 1 is 1.47 bits per heavy atom. The molecule has 0 aliphatic carbocycles. The summed E-state index contributed by atoms with van der Waals surface area (Å²) >= 11 is 0. The van der Waals surface area contributed by atoms with Crippen molar-refractivity contribution in [2.24, 2.45) is 5.73 Å². The molecule has 7 heteroatoms. The normalized spacial score (nSPS) is 15.9. The summed E-state index contributed by atoms with van der Waals surface area (Å²) in [4.78, 5) is 20.5. The summed E-state index contributed by atoms with van der Waals surface area (Å²) in [7, 11) is 0. The number of carbonyl (C=O) groups is 1. The van der Waals surface area contributed by atoms with Gasteiger partial charge in [-0.2, -0.15) is 0 Å². The summed E-state index contributed by atoms with van der Waals surface area (Å²) < 4.78 is 0. The van der Waals surface area contributed by atoms with Gasteiger partial charge in [-0.1, -0.05) is 0 Å². The Hall–Kier alpha value is -1.99. The fourth-order valence-electron chi connectivity index (χ4n) is 1.34. The number of aliphatic carboxylic acids is 1. The molecule has 17 heavy (non-hydrogen) atoms. The molecule has 1 rings (SSSR count). The van der Waals surface area contributed by atoms with E-state index in [4.69, 9.17) is 10.8 Å². The Labute approximate surface area is 96.6 Å². The van der Waals surface area contributed by atoms with Crippen LogP contribution in [-0.4, -0.2) is 27.1 Å². The maximum Gasteiger partial charge on any atom is 0.323 e. The molecule has 0 radical (unpaired) electrons. The van der Waals surface area contributed by atoms with Crippen LogP contribution >= 0.6 is 0 Å². The summed E-state index contributed by atoms with van der Waals surface area (Å²) in [6, 6.07) is 3.41. The topological polar surface area (TPSA) is 127 Å². The number of carboxylic acids is 1. The Morgan fingerprint density at radius 3 is 2.29 bits per heavy atom. The molecule has 2 atom stereocenters. The van der Waals surface area contributed by atoms with E-state index < -0.39 is 22.5 Å². The lowest BCUT2D eigenvalue weighted by Crippen LogP contribution is -2.48. The monoisotopic (exact) mass is 240 g/mol. The number of aliphatic hydroxyl groups is 1. The van der Waals surface area contributed by atoms with Crippen LogP contribution in [0.2, 0.25) is 0 Å². The molecule has 0 saturated carbocycles. The Bertz CT molecular complexity index is 441. The van der Waals surface area contributed by atoms with Crippen molar-refractivity contribution in [3.8, 4) is 0 Å². The van der Waals surface area contributed by atoms with Crippen molar-refractivity contribution in [3.05, 3.63) is 39.9 Å². The minimum absolute atomic E-state index is 0.145. The number of carboxylic acid groups (broad SMARTS) is 1. The van der Waals surface area contributed by atoms with Gasteiger partial charge in [0.15, 0.2) is 0 Å². The van der Waals surface area contributed by atoms with Crippen molar-refractivity contribution in [2.75, 3.05) is 0 Å². The molecule has 0 aliphatic rings. The Balaban J connectivity index is 3.07. The maximum absolute atomic E-state index is 10.7. The molecule has 0 amide bonds. The van der Waals surface area contributed by atoms with E-state index in [1.165, 1.54) is 31.2 Å². The molecule has 2 unspecified atom stereocenters. The second-order valence-corrected chi connectivity index (χ2v) is 3.77. The molecule has 1 aromatic rings. The number of non-ortho nitro benzene ring substituents is 1. The molecular weight excluding hydrogens is 228 g/mol. The summed E-state index contributed by atoms with van der Waals surface area (Å²) in [5, 5.41) is 29.1. The van der Waals surface area contributed by atoms with Crippen LogP contribution in [0.15, 0.2) is 24.3 Å². The third-order valence-corrected chi connectivity index (χ3v) is 2.53. The zero-order valence-electron chi connectivity index (χ0n) is 9.03. The van der Waals surface area contributed by atoms with Gasteiger partial charge in [0.2, 0.25) is 0 Å². The second-order valence-electron chi connectivity index (χ2n) is 3.77. The summed E-state index contributed by atoms with van der Waals surface area (Å²) in [6.07, 6.45) is 0. The standard InChI is InChI=1S/C10H12N2O5/c1-10(15,8(11)9(13)14)6-2-4-7(5-3-6)12(16)17/h2-5,8,15H,11H2,1H3,(H,13,14). The highest BCUT2D eigenvalue weighted by molar-refractivity contribution is 5.75. The lowest BCUT2D eigenvalue weighted by atomic mass is 9.88. The van der Waals surface area contributed by atoms with E-state index in [1.807, 2.05) is 0 Å². The Morgan fingerprint density at radius 2 is 1.94 bits per heavy atom. The molecule has 0 saturated heterocycles. The van der Waals surface area contributed by atoms with Crippen LogP contribution < -0.4 is 5.73 Å². The summed E-state index contributed by atoms with van der Waals surface area (Å²) in [5.74, 6) is -1.35. The van der Waals surface area contributed by atoms with Gasteiger partial charge in [0.05, 0.1) is 4.92 Å². The average Bonchev–Trinajstić information content (AvgIpc) is 2.27. The molecule has 92 valence electrons. The number of rotatable bonds is 4. The van der Waals surface area contributed by atoms with E-state index in [-0.39, 0.29) is 11.3 Å². The number of hydrogen-bond donors (Lipinski definition) is 3. The van der Waals surface area contributed by atoms with Gasteiger partial charge >= 0.3 is 5.97 Å². The fraction of sp³-hybridized carbons (Fsp3) is 0.300. The molecule has 0 heterocycles. The third kappa shape index (κ3) is 2.58. The fourth-order valence-corrected chi connectivity index (χ4v) is 1.34. The first-order valence-corrected chi connectivity index (χ1v) is 4.72. The second kappa shape index (κ2) is 4.48. The van der Waals surface area contributed by atoms with Crippen LogP contribution in [0, 0.1) is 10.1 Å². The average molecular weight is 240 g/mol. The largest absolute Gasteiger partial charge is 0.480 e. The number of nitro groups is 1. The predicted molar refractivity (Wildman–Crippen MR) is 58.3 cm³/mol. The van der Waals surface area contributed by atoms with E-state index in [1.54, 1.807) is 0 Å². The number of nitrogens with two attached hydrogens (primary N) is 1. The van der Waals surface area contributed by atoms with Gasteiger partial charge in [-0.15, -0.1) is 0 Å². The van der Waals surface area contributed by atoms with Gasteiger partial charge in [0, 0.05) is 12.1 Å². The van der Waals surface area contributed by atoms with Crippen LogP contribution in [0.4, 0.5) is 5.69 Å². The van der Waals surface area contributed by atoms with Crippen molar-refractivity contribution in [3.63, 3.8) is 0 Å². The van der Waals surface area contributed by atoms with E-state index in [9.17, 15) is 20.0 Å². The van der Waals surface area contributed by atoms with E-state index in [0.717, 1.165) is 0 Å². The van der Waals surface area contributed by atoms with Gasteiger partial charge in [0.25, 0.3) is 5.69 Å². The number of benzene rings is 1. The van der Waals surface area contributed by atoms with Crippen LogP contribution in [0.5, 0.6) is 0 Å². The smallest absolute Gasteiger partial charge is 0.323 e.